The first-order valence-electron chi connectivity index (χ1n) is 10.8. The number of H-pyrrole nitrogens is 1. The van der Waals surface area contributed by atoms with Crippen molar-refractivity contribution in [2.45, 2.75) is 18.6 Å². The smallest absolute Gasteiger partial charge is 0.431 e. The number of rotatable bonds is 2. The van der Waals surface area contributed by atoms with Crippen molar-refractivity contribution < 1.29 is 27.0 Å². The molecule has 3 atom stereocenters. The maximum Gasteiger partial charge on any atom is 0.431 e. The summed E-state index contributed by atoms with van der Waals surface area (Å²) in [7, 11) is 0. The summed E-state index contributed by atoms with van der Waals surface area (Å²) in [4.78, 5) is 10.2. The standard InChI is InChI=1S/C16H12F4N4O.C6H11NO/c17-8-1-2-9-11(3-4-25-12(9)5-8)23-14-10-6-13(16(18,19)20)24-15(10)22-7-21-14;1-5-3-8-4-6(5)2-7-1/h1-2,5-7,11H,3-4H2,(H2,21,22,23,24);5-7H,1-4H2. The van der Waals surface area contributed by atoms with E-state index in [1.54, 1.807) is 6.07 Å². The predicted molar refractivity (Wildman–Crippen MR) is 112 cm³/mol. The molecule has 3 aliphatic rings. The van der Waals surface area contributed by atoms with Crippen molar-refractivity contribution in [3.05, 3.63) is 47.7 Å². The number of hydrogen-bond donors (Lipinski definition) is 3. The Balaban J connectivity index is 0.000000238. The van der Waals surface area contributed by atoms with E-state index < -0.39 is 17.7 Å². The van der Waals surface area contributed by atoms with E-state index in [1.165, 1.54) is 31.5 Å². The van der Waals surface area contributed by atoms with Crippen molar-refractivity contribution in [1.29, 1.82) is 0 Å². The van der Waals surface area contributed by atoms with Crippen LogP contribution >= 0.6 is 0 Å². The number of alkyl halides is 3. The number of ether oxygens (including phenoxy) is 2. The first-order valence-corrected chi connectivity index (χ1v) is 10.8. The molecular formula is C22H23F4N5O2. The van der Waals surface area contributed by atoms with E-state index in [2.05, 4.69) is 25.6 Å². The van der Waals surface area contributed by atoms with Crippen molar-refractivity contribution in [2.24, 2.45) is 11.8 Å². The lowest BCUT2D eigenvalue weighted by Crippen LogP contribution is -2.21. The Bertz CT molecular complexity index is 1120. The summed E-state index contributed by atoms with van der Waals surface area (Å²) in [5, 5.41) is 6.71. The lowest BCUT2D eigenvalue weighted by atomic mass is 10.0. The summed E-state index contributed by atoms with van der Waals surface area (Å²) in [6.45, 7) is 4.73. The molecule has 5 heterocycles. The highest BCUT2D eigenvalue weighted by Crippen LogP contribution is 2.37. The van der Waals surface area contributed by atoms with Gasteiger partial charge in [0.05, 0.1) is 31.2 Å². The number of nitrogens with zero attached hydrogens (tertiary/aromatic N) is 2. The van der Waals surface area contributed by atoms with E-state index in [0.29, 0.717) is 18.8 Å². The van der Waals surface area contributed by atoms with E-state index >= 15 is 0 Å². The third-order valence-corrected chi connectivity index (χ3v) is 6.20. The average Bonchev–Trinajstić information content (AvgIpc) is 3.50. The monoisotopic (exact) mass is 465 g/mol. The normalized spacial score (nSPS) is 23.9. The molecule has 1 aromatic carbocycles. The van der Waals surface area contributed by atoms with Crippen LogP contribution in [-0.2, 0) is 10.9 Å². The number of aromatic amines is 1. The van der Waals surface area contributed by atoms with Gasteiger partial charge in [-0.1, -0.05) is 6.07 Å². The van der Waals surface area contributed by atoms with Gasteiger partial charge in [0.1, 0.15) is 35.1 Å². The van der Waals surface area contributed by atoms with Gasteiger partial charge < -0.3 is 25.1 Å². The van der Waals surface area contributed by atoms with Crippen LogP contribution in [0.5, 0.6) is 5.75 Å². The Morgan fingerprint density at radius 3 is 2.61 bits per heavy atom. The molecule has 176 valence electrons. The molecule has 0 spiro atoms. The lowest BCUT2D eigenvalue weighted by molar-refractivity contribution is -0.140. The van der Waals surface area contributed by atoms with Crippen LogP contribution in [0, 0.1) is 17.7 Å². The second-order valence-corrected chi connectivity index (χ2v) is 8.40. The van der Waals surface area contributed by atoms with E-state index in [9.17, 15) is 17.6 Å². The summed E-state index contributed by atoms with van der Waals surface area (Å²) in [6.07, 6.45) is -2.74. The van der Waals surface area contributed by atoms with Crippen LogP contribution in [0.15, 0.2) is 30.6 Å². The number of aromatic nitrogens is 3. The van der Waals surface area contributed by atoms with E-state index in [0.717, 1.165) is 36.7 Å². The number of halogens is 4. The first kappa shape index (κ1) is 21.9. The minimum Gasteiger partial charge on any atom is -0.493 e. The molecule has 6 rings (SSSR count). The first-order chi connectivity index (χ1) is 15.9. The van der Waals surface area contributed by atoms with Gasteiger partial charge in [0.2, 0.25) is 0 Å². The van der Waals surface area contributed by atoms with Crippen LogP contribution in [0.1, 0.15) is 23.7 Å². The summed E-state index contributed by atoms with van der Waals surface area (Å²) in [5.74, 6) is 1.97. The number of anilines is 1. The third kappa shape index (κ3) is 4.60. The third-order valence-electron chi connectivity index (χ3n) is 6.20. The van der Waals surface area contributed by atoms with Crippen LogP contribution in [0.25, 0.3) is 11.0 Å². The fourth-order valence-electron chi connectivity index (χ4n) is 4.43. The molecule has 2 aromatic heterocycles. The molecule has 0 amide bonds. The van der Waals surface area contributed by atoms with Gasteiger partial charge in [0.25, 0.3) is 0 Å². The van der Waals surface area contributed by atoms with Crippen molar-refractivity contribution in [3.8, 4) is 5.75 Å². The van der Waals surface area contributed by atoms with Crippen molar-refractivity contribution in [2.75, 3.05) is 38.2 Å². The summed E-state index contributed by atoms with van der Waals surface area (Å²) >= 11 is 0. The average molecular weight is 465 g/mol. The highest BCUT2D eigenvalue weighted by atomic mass is 19.4. The molecule has 3 N–H and O–H groups in total. The maximum atomic E-state index is 13.3. The SMILES string of the molecule is C1NCC2COCC12.Fc1ccc2c(c1)OCCC2Nc1ncnc2[nH]c(C(F)(F)F)cc12. The van der Waals surface area contributed by atoms with Crippen LogP contribution in [0.4, 0.5) is 23.4 Å². The van der Waals surface area contributed by atoms with Crippen molar-refractivity contribution in [1.82, 2.24) is 20.3 Å². The summed E-state index contributed by atoms with van der Waals surface area (Å²) in [5.41, 5.74) is -0.0669. The highest BCUT2D eigenvalue weighted by Gasteiger charge is 2.34. The summed E-state index contributed by atoms with van der Waals surface area (Å²) < 4.78 is 62.8. The predicted octanol–water partition coefficient (Wildman–Crippen LogP) is 3.90. The lowest BCUT2D eigenvalue weighted by Gasteiger charge is -2.27. The number of benzene rings is 1. The van der Waals surface area contributed by atoms with E-state index in [-0.39, 0.29) is 22.9 Å². The van der Waals surface area contributed by atoms with Gasteiger partial charge >= 0.3 is 6.18 Å². The van der Waals surface area contributed by atoms with Gasteiger partial charge in [-0.25, -0.2) is 14.4 Å². The van der Waals surface area contributed by atoms with Crippen LogP contribution in [0.2, 0.25) is 0 Å². The van der Waals surface area contributed by atoms with Gasteiger partial charge in [-0.05, 0) is 12.1 Å². The van der Waals surface area contributed by atoms with Gasteiger partial charge in [0, 0.05) is 43.0 Å². The molecule has 3 aliphatic heterocycles. The number of nitrogens with one attached hydrogen (secondary N) is 3. The Hall–Kier alpha value is -2.92. The second-order valence-electron chi connectivity index (χ2n) is 8.40. The largest absolute Gasteiger partial charge is 0.493 e. The van der Waals surface area contributed by atoms with Crippen LogP contribution in [-0.4, -0.2) is 47.9 Å². The van der Waals surface area contributed by atoms with Gasteiger partial charge in [-0.2, -0.15) is 13.2 Å². The molecule has 0 saturated carbocycles. The van der Waals surface area contributed by atoms with Crippen LogP contribution < -0.4 is 15.4 Å². The van der Waals surface area contributed by atoms with Crippen LogP contribution in [0.3, 0.4) is 0 Å². The molecule has 2 fully saturated rings. The maximum absolute atomic E-state index is 13.3. The zero-order valence-electron chi connectivity index (χ0n) is 17.6. The molecule has 33 heavy (non-hydrogen) atoms. The Labute approximate surface area is 186 Å². The Morgan fingerprint density at radius 2 is 1.85 bits per heavy atom. The zero-order chi connectivity index (χ0) is 23.0. The molecule has 0 aliphatic carbocycles. The Morgan fingerprint density at radius 1 is 1.06 bits per heavy atom. The molecule has 2 saturated heterocycles. The van der Waals surface area contributed by atoms with E-state index in [1.807, 2.05) is 0 Å². The molecule has 11 heteroatoms. The minimum absolute atomic E-state index is 0.0937. The molecule has 0 bridgehead atoms. The molecule has 7 nitrogen and oxygen atoms in total. The Kier molecular flexibility index (Phi) is 5.83. The molecular weight excluding hydrogens is 442 g/mol. The van der Waals surface area contributed by atoms with E-state index in [4.69, 9.17) is 9.47 Å². The van der Waals surface area contributed by atoms with Gasteiger partial charge in [-0.3, -0.25) is 0 Å². The highest BCUT2D eigenvalue weighted by molar-refractivity contribution is 5.88. The molecule has 0 radical (unpaired) electrons. The number of fused-ring (bicyclic) bond motifs is 3. The van der Waals surface area contributed by atoms with Gasteiger partial charge in [-0.15, -0.1) is 0 Å². The fourth-order valence-corrected chi connectivity index (χ4v) is 4.43. The quantitative estimate of drug-likeness (QED) is 0.498. The fraction of sp³-hybridized carbons (Fsp3) is 0.455. The second kappa shape index (κ2) is 8.79. The molecule has 3 unspecified atom stereocenters. The minimum atomic E-state index is -4.50. The molecule has 3 aromatic rings. The topological polar surface area (TPSA) is 84.1 Å². The summed E-state index contributed by atoms with van der Waals surface area (Å²) in [6, 6.07) is 4.92. The van der Waals surface area contributed by atoms with Crippen molar-refractivity contribution in [3.63, 3.8) is 0 Å². The van der Waals surface area contributed by atoms with Crippen molar-refractivity contribution >= 4 is 16.9 Å². The zero-order valence-corrected chi connectivity index (χ0v) is 17.6. The van der Waals surface area contributed by atoms with Gasteiger partial charge in [0.15, 0.2) is 0 Å². The number of hydrogen-bond acceptors (Lipinski definition) is 6.